The van der Waals surface area contributed by atoms with E-state index in [-0.39, 0.29) is 24.4 Å². The summed E-state index contributed by atoms with van der Waals surface area (Å²) in [5, 5.41) is 11.7. The van der Waals surface area contributed by atoms with Crippen LogP contribution in [0.5, 0.6) is 11.5 Å². The summed E-state index contributed by atoms with van der Waals surface area (Å²) in [5.41, 5.74) is 4.44. The number of fused-ring (bicyclic) bond motifs is 1. The van der Waals surface area contributed by atoms with Crippen molar-refractivity contribution in [3.63, 3.8) is 0 Å². The van der Waals surface area contributed by atoms with E-state index in [4.69, 9.17) is 9.47 Å². The Hall–Kier alpha value is -4.40. The number of benzene rings is 3. The Labute approximate surface area is 234 Å². The monoisotopic (exact) mass is 541 g/mol. The molecule has 5 rings (SSSR count). The van der Waals surface area contributed by atoms with E-state index in [1.165, 1.54) is 0 Å². The largest absolute Gasteiger partial charge is 0.497 e. The van der Waals surface area contributed by atoms with Gasteiger partial charge in [-0.2, -0.15) is 0 Å². The lowest BCUT2D eigenvalue weighted by Crippen LogP contribution is -2.48. The molecule has 3 aromatic carbocycles. The first-order valence-corrected chi connectivity index (χ1v) is 13.6. The lowest BCUT2D eigenvalue weighted by Gasteiger charge is -2.35. The standard InChI is InChI=1S/C31H35N5O4/c1-20-10-9-11-21(2)29(20)36(28(37)19-35-26-15-8-7-14-25(26)33-34-35)30(31(38)32-22-12-5-6-13-22)24-17-16-23(39-3)18-27(24)40-4/h7-11,14-18,22,30H,5-6,12-13,19H2,1-4H3,(H,32,38)/t30-/m0/s1. The average molecular weight is 542 g/mol. The van der Waals surface area contributed by atoms with Gasteiger partial charge >= 0.3 is 0 Å². The summed E-state index contributed by atoms with van der Waals surface area (Å²) in [6.07, 6.45) is 3.97. The van der Waals surface area contributed by atoms with Crippen LogP contribution in [0.4, 0.5) is 5.69 Å². The van der Waals surface area contributed by atoms with Gasteiger partial charge in [-0.05, 0) is 62.1 Å². The number of methoxy groups -OCH3 is 2. The number of para-hydroxylation sites is 2. The third-order valence-corrected chi connectivity index (χ3v) is 7.60. The molecule has 0 radical (unpaired) electrons. The lowest BCUT2D eigenvalue weighted by molar-refractivity contribution is -0.127. The maximum absolute atomic E-state index is 14.4. The number of anilines is 1. The van der Waals surface area contributed by atoms with Crippen molar-refractivity contribution in [2.75, 3.05) is 19.1 Å². The van der Waals surface area contributed by atoms with E-state index in [1.807, 2.05) is 56.3 Å². The van der Waals surface area contributed by atoms with Crippen LogP contribution in [-0.2, 0) is 16.1 Å². The number of nitrogens with one attached hydrogen (secondary N) is 1. The molecule has 1 aromatic heterocycles. The molecule has 1 aliphatic carbocycles. The number of hydrogen-bond donors (Lipinski definition) is 1. The van der Waals surface area contributed by atoms with Gasteiger partial charge in [0.1, 0.15) is 29.6 Å². The zero-order valence-corrected chi connectivity index (χ0v) is 23.4. The van der Waals surface area contributed by atoms with Crippen LogP contribution in [0.25, 0.3) is 11.0 Å². The molecule has 1 fully saturated rings. The molecule has 0 unspecified atom stereocenters. The van der Waals surface area contributed by atoms with E-state index in [9.17, 15) is 9.59 Å². The van der Waals surface area contributed by atoms with Gasteiger partial charge in [-0.1, -0.05) is 48.4 Å². The van der Waals surface area contributed by atoms with E-state index >= 15 is 0 Å². The molecular formula is C31H35N5O4. The molecule has 0 saturated heterocycles. The van der Waals surface area contributed by atoms with Crippen LogP contribution in [0.2, 0.25) is 0 Å². The van der Waals surface area contributed by atoms with Crippen LogP contribution in [-0.4, -0.2) is 47.1 Å². The second-order valence-corrected chi connectivity index (χ2v) is 10.2. The minimum Gasteiger partial charge on any atom is -0.497 e. The molecule has 4 aromatic rings. The van der Waals surface area contributed by atoms with Gasteiger partial charge in [0.25, 0.3) is 0 Å². The number of carbonyl (C=O) groups excluding carboxylic acids is 2. The van der Waals surface area contributed by atoms with Gasteiger partial charge in [0, 0.05) is 17.7 Å². The Balaban J connectivity index is 1.66. The van der Waals surface area contributed by atoms with Crippen LogP contribution in [0.15, 0.2) is 60.7 Å². The third kappa shape index (κ3) is 5.36. The molecular weight excluding hydrogens is 506 g/mol. The molecule has 9 heteroatoms. The molecule has 2 amide bonds. The number of hydrogen-bond acceptors (Lipinski definition) is 6. The number of ether oxygens (including phenoxy) is 2. The van der Waals surface area contributed by atoms with Gasteiger partial charge in [0.15, 0.2) is 0 Å². The van der Waals surface area contributed by atoms with E-state index < -0.39 is 6.04 Å². The van der Waals surface area contributed by atoms with Crippen LogP contribution in [0.1, 0.15) is 48.4 Å². The SMILES string of the molecule is COc1ccc([C@@H](C(=O)NC2CCCC2)N(C(=O)Cn2nnc3ccccc32)c2c(C)cccc2C)c(OC)c1. The molecule has 1 N–H and O–H groups in total. The smallest absolute Gasteiger partial charge is 0.249 e. The fourth-order valence-electron chi connectivity index (χ4n) is 5.61. The zero-order valence-electron chi connectivity index (χ0n) is 23.4. The molecule has 1 aliphatic rings. The zero-order chi connectivity index (χ0) is 28.2. The van der Waals surface area contributed by atoms with E-state index in [2.05, 4.69) is 15.6 Å². The fourth-order valence-corrected chi connectivity index (χ4v) is 5.61. The summed E-state index contributed by atoms with van der Waals surface area (Å²) >= 11 is 0. The summed E-state index contributed by atoms with van der Waals surface area (Å²) < 4.78 is 12.8. The number of amides is 2. The molecule has 1 atom stereocenters. The summed E-state index contributed by atoms with van der Waals surface area (Å²) in [6.45, 7) is 3.80. The molecule has 40 heavy (non-hydrogen) atoms. The first kappa shape index (κ1) is 27.2. The third-order valence-electron chi connectivity index (χ3n) is 7.60. The second kappa shape index (κ2) is 11.8. The van der Waals surface area contributed by atoms with Gasteiger partial charge in [0.2, 0.25) is 11.8 Å². The molecule has 0 aliphatic heterocycles. The van der Waals surface area contributed by atoms with Gasteiger partial charge < -0.3 is 14.8 Å². The highest BCUT2D eigenvalue weighted by Crippen LogP contribution is 2.38. The fraction of sp³-hybridized carbons (Fsp3) is 0.355. The van der Waals surface area contributed by atoms with Crippen molar-refractivity contribution in [2.45, 2.75) is 58.2 Å². The number of rotatable bonds is 9. The van der Waals surface area contributed by atoms with Crippen molar-refractivity contribution in [2.24, 2.45) is 0 Å². The topological polar surface area (TPSA) is 98.6 Å². The van der Waals surface area contributed by atoms with Gasteiger partial charge in [-0.3, -0.25) is 14.5 Å². The van der Waals surface area contributed by atoms with Crippen molar-refractivity contribution in [1.29, 1.82) is 0 Å². The average Bonchev–Trinajstić information content (AvgIpc) is 3.62. The minimum atomic E-state index is -0.997. The summed E-state index contributed by atoms with van der Waals surface area (Å²) in [5.74, 6) is 0.503. The van der Waals surface area contributed by atoms with Gasteiger partial charge in [0.05, 0.1) is 25.4 Å². The van der Waals surface area contributed by atoms with Gasteiger partial charge in [-0.25, -0.2) is 4.68 Å². The molecule has 1 heterocycles. The predicted molar refractivity (Wildman–Crippen MR) is 154 cm³/mol. The summed E-state index contributed by atoms with van der Waals surface area (Å²) in [7, 11) is 3.13. The number of aromatic nitrogens is 3. The number of aryl methyl sites for hydroxylation is 2. The minimum absolute atomic E-state index is 0.0634. The summed E-state index contributed by atoms with van der Waals surface area (Å²) in [6, 6.07) is 17.7. The quantitative estimate of drug-likeness (QED) is 0.324. The maximum atomic E-state index is 14.4. The van der Waals surface area contributed by atoms with Crippen molar-refractivity contribution >= 4 is 28.5 Å². The van der Waals surface area contributed by atoms with E-state index in [0.29, 0.717) is 28.3 Å². The van der Waals surface area contributed by atoms with Crippen LogP contribution in [0.3, 0.4) is 0 Å². The maximum Gasteiger partial charge on any atom is 0.249 e. The Morgan fingerprint density at radius 1 is 1.00 bits per heavy atom. The number of carbonyl (C=O) groups is 2. The van der Waals surface area contributed by atoms with Crippen LogP contribution < -0.4 is 19.7 Å². The molecule has 0 bridgehead atoms. The van der Waals surface area contributed by atoms with Gasteiger partial charge in [-0.15, -0.1) is 5.10 Å². The van der Waals surface area contributed by atoms with Crippen molar-refractivity contribution in [1.82, 2.24) is 20.3 Å². The van der Waals surface area contributed by atoms with Crippen LogP contribution >= 0.6 is 0 Å². The molecule has 0 spiro atoms. The van der Waals surface area contributed by atoms with Crippen molar-refractivity contribution < 1.29 is 19.1 Å². The first-order chi connectivity index (χ1) is 19.4. The number of nitrogens with zero attached hydrogens (tertiary/aromatic N) is 4. The Bertz CT molecular complexity index is 1510. The molecule has 208 valence electrons. The predicted octanol–water partition coefficient (Wildman–Crippen LogP) is 4.90. The van der Waals surface area contributed by atoms with Crippen molar-refractivity contribution in [3.05, 3.63) is 77.4 Å². The lowest BCUT2D eigenvalue weighted by atomic mass is 9.98. The first-order valence-electron chi connectivity index (χ1n) is 13.6. The Morgan fingerprint density at radius 2 is 1.73 bits per heavy atom. The highest BCUT2D eigenvalue weighted by Gasteiger charge is 2.37. The Morgan fingerprint density at radius 3 is 2.42 bits per heavy atom. The second-order valence-electron chi connectivity index (χ2n) is 10.2. The highest BCUT2D eigenvalue weighted by molar-refractivity contribution is 6.03. The van der Waals surface area contributed by atoms with Crippen LogP contribution in [0, 0.1) is 13.8 Å². The highest BCUT2D eigenvalue weighted by atomic mass is 16.5. The Kier molecular flexibility index (Phi) is 8.00. The molecule has 1 saturated carbocycles. The molecule has 9 nitrogen and oxygen atoms in total. The normalized spacial score (nSPS) is 14.2. The van der Waals surface area contributed by atoms with E-state index in [1.54, 1.807) is 42.0 Å². The summed E-state index contributed by atoms with van der Waals surface area (Å²) in [4.78, 5) is 30.3. The van der Waals surface area contributed by atoms with Crippen molar-refractivity contribution in [3.8, 4) is 11.5 Å². The van der Waals surface area contributed by atoms with E-state index in [0.717, 1.165) is 42.3 Å².